The summed E-state index contributed by atoms with van der Waals surface area (Å²) in [7, 11) is 0. The summed E-state index contributed by atoms with van der Waals surface area (Å²) in [5.74, 6) is 0.838. The first-order valence-electron chi connectivity index (χ1n) is 8.90. The summed E-state index contributed by atoms with van der Waals surface area (Å²) >= 11 is 7.55. The summed E-state index contributed by atoms with van der Waals surface area (Å²) in [6.45, 7) is 14.6. The minimum absolute atomic E-state index is 0.381. The number of hydrogen-bond donors (Lipinski definition) is 1. The molecule has 0 unspecified atom stereocenters. The number of halogens is 1. The zero-order chi connectivity index (χ0) is 20.9. The van der Waals surface area contributed by atoms with Gasteiger partial charge in [0.1, 0.15) is 11.1 Å². The molecular formula is C19H27ClN4O3S. The number of carbonyl (C=O) groups excluding carboxylic acids is 1. The maximum absolute atomic E-state index is 12.1. The molecule has 0 saturated heterocycles. The Labute approximate surface area is 174 Å². The third kappa shape index (κ3) is 6.92. The molecule has 0 aliphatic carbocycles. The van der Waals surface area contributed by atoms with Crippen LogP contribution in [0.2, 0.25) is 4.34 Å². The van der Waals surface area contributed by atoms with E-state index in [9.17, 15) is 4.79 Å². The van der Waals surface area contributed by atoms with Gasteiger partial charge in [-0.25, -0.2) is 4.79 Å². The van der Waals surface area contributed by atoms with Gasteiger partial charge in [-0.05, 0) is 46.8 Å². The van der Waals surface area contributed by atoms with E-state index in [4.69, 9.17) is 20.9 Å². The van der Waals surface area contributed by atoms with E-state index in [-0.39, 0.29) is 0 Å². The monoisotopic (exact) mass is 426 g/mol. The Kier molecular flexibility index (Phi) is 7.25. The van der Waals surface area contributed by atoms with E-state index in [1.165, 1.54) is 11.3 Å². The third-order valence-corrected chi connectivity index (χ3v) is 4.81. The molecule has 0 aromatic carbocycles. The molecule has 1 amide bonds. The van der Waals surface area contributed by atoms with Crippen molar-refractivity contribution in [2.24, 2.45) is 0 Å². The SMILES string of the molecule is C=CCN(Cc1nc(C(C)(C)NC(=O)OC(C)(C)C)no1)Cc1ccc(Cl)s1. The summed E-state index contributed by atoms with van der Waals surface area (Å²) in [5, 5.41) is 6.81. The van der Waals surface area contributed by atoms with Crippen molar-refractivity contribution in [3.05, 3.63) is 45.7 Å². The first-order valence-corrected chi connectivity index (χ1v) is 10.1. The van der Waals surface area contributed by atoms with Crippen LogP contribution in [0.5, 0.6) is 0 Å². The van der Waals surface area contributed by atoms with E-state index in [0.29, 0.717) is 31.3 Å². The number of nitrogens with zero attached hydrogens (tertiary/aromatic N) is 3. The van der Waals surface area contributed by atoms with Crippen LogP contribution in [0.25, 0.3) is 0 Å². The first kappa shape index (κ1) is 22.4. The molecule has 1 N–H and O–H groups in total. The number of amides is 1. The molecule has 0 aliphatic rings. The number of nitrogens with one attached hydrogen (secondary N) is 1. The quantitative estimate of drug-likeness (QED) is 0.614. The van der Waals surface area contributed by atoms with Crippen molar-refractivity contribution in [3.63, 3.8) is 0 Å². The minimum Gasteiger partial charge on any atom is -0.444 e. The zero-order valence-corrected chi connectivity index (χ0v) is 18.5. The Bertz CT molecular complexity index is 810. The summed E-state index contributed by atoms with van der Waals surface area (Å²) in [5.41, 5.74) is -1.42. The molecule has 9 heteroatoms. The lowest BCUT2D eigenvalue weighted by Gasteiger charge is -2.26. The molecule has 2 aromatic heterocycles. The van der Waals surface area contributed by atoms with Gasteiger partial charge in [-0.2, -0.15) is 4.98 Å². The van der Waals surface area contributed by atoms with Crippen molar-refractivity contribution in [2.45, 2.75) is 58.8 Å². The number of alkyl carbamates (subject to hydrolysis) is 1. The highest BCUT2D eigenvalue weighted by Gasteiger charge is 2.31. The first-order chi connectivity index (χ1) is 13.0. The molecule has 0 atom stereocenters. The van der Waals surface area contributed by atoms with Crippen LogP contribution in [0.1, 0.15) is 51.2 Å². The highest BCUT2D eigenvalue weighted by atomic mass is 35.5. The number of ether oxygens (including phenoxy) is 1. The molecule has 0 radical (unpaired) electrons. The van der Waals surface area contributed by atoms with Crippen LogP contribution in [-0.4, -0.2) is 33.3 Å². The van der Waals surface area contributed by atoms with Crippen molar-refractivity contribution in [1.82, 2.24) is 20.4 Å². The maximum Gasteiger partial charge on any atom is 0.408 e. The Morgan fingerprint density at radius 1 is 1.36 bits per heavy atom. The fraction of sp³-hybridized carbons (Fsp3) is 0.526. The summed E-state index contributed by atoms with van der Waals surface area (Å²) in [6, 6.07) is 3.87. The van der Waals surface area contributed by atoms with E-state index >= 15 is 0 Å². The van der Waals surface area contributed by atoms with Crippen molar-refractivity contribution in [1.29, 1.82) is 0 Å². The number of hydrogen-bond acceptors (Lipinski definition) is 7. The van der Waals surface area contributed by atoms with Crippen LogP contribution in [0.15, 0.2) is 29.3 Å². The predicted octanol–water partition coefficient (Wildman–Crippen LogP) is 4.73. The fourth-order valence-corrected chi connectivity index (χ4v) is 3.53. The highest BCUT2D eigenvalue weighted by Crippen LogP contribution is 2.24. The standard InChI is InChI=1S/C19H27ClN4O3S/c1-7-10-24(11-13-8-9-14(20)28-13)12-15-21-16(23-27-15)19(5,6)22-17(25)26-18(2,3)4/h7-9H,1,10-12H2,2-6H3,(H,22,25). The second-order valence-electron chi connectivity index (χ2n) is 7.93. The maximum atomic E-state index is 12.1. The number of rotatable bonds is 8. The smallest absolute Gasteiger partial charge is 0.408 e. The Balaban J connectivity index is 2.04. The summed E-state index contributed by atoms with van der Waals surface area (Å²) < 4.78 is 11.5. The Morgan fingerprint density at radius 2 is 2.07 bits per heavy atom. The fourth-order valence-electron chi connectivity index (χ4n) is 2.40. The second-order valence-corrected chi connectivity index (χ2v) is 9.73. The van der Waals surface area contributed by atoms with Crippen molar-refractivity contribution >= 4 is 29.0 Å². The number of aromatic nitrogens is 2. The molecule has 0 spiro atoms. The van der Waals surface area contributed by atoms with E-state index in [1.54, 1.807) is 34.6 Å². The average Bonchev–Trinajstić information content (AvgIpc) is 3.14. The molecular weight excluding hydrogens is 400 g/mol. The van der Waals surface area contributed by atoms with Gasteiger partial charge in [-0.15, -0.1) is 17.9 Å². The van der Waals surface area contributed by atoms with Gasteiger partial charge < -0.3 is 14.6 Å². The number of carbonyl (C=O) groups is 1. The van der Waals surface area contributed by atoms with Gasteiger partial charge in [0.15, 0.2) is 5.82 Å². The number of thiophene rings is 1. The molecule has 2 rings (SSSR count). The van der Waals surface area contributed by atoms with Crippen LogP contribution in [0, 0.1) is 0 Å². The highest BCUT2D eigenvalue weighted by molar-refractivity contribution is 7.16. The van der Waals surface area contributed by atoms with Crippen LogP contribution < -0.4 is 5.32 Å². The lowest BCUT2D eigenvalue weighted by atomic mass is 10.1. The van der Waals surface area contributed by atoms with Crippen molar-refractivity contribution in [3.8, 4) is 0 Å². The molecule has 2 aromatic rings. The van der Waals surface area contributed by atoms with Crippen LogP contribution in [-0.2, 0) is 23.4 Å². The van der Waals surface area contributed by atoms with Gasteiger partial charge in [0.25, 0.3) is 0 Å². The van der Waals surface area contributed by atoms with Gasteiger partial charge in [0, 0.05) is 18.0 Å². The third-order valence-electron chi connectivity index (χ3n) is 3.60. The molecule has 7 nitrogen and oxygen atoms in total. The average molecular weight is 427 g/mol. The molecule has 2 heterocycles. The van der Waals surface area contributed by atoms with Gasteiger partial charge in [-0.3, -0.25) is 4.90 Å². The molecule has 0 bridgehead atoms. The van der Waals surface area contributed by atoms with E-state index in [0.717, 1.165) is 9.21 Å². The van der Waals surface area contributed by atoms with Crippen LogP contribution in [0.3, 0.4) is 0 Å². The lowest BCUT2D eigenvalue weighted by molar-refractivity contribution is 0.0465. The van der Waals surface area contributed by atoms with Gasteiger partial charge in [0.05, 0.1) is 10.9 Å². The molecule has 0 saturated carbocycles. The van der Waals surface area contributed by atoms with E-state index < -0.39 is 17.2 Å². The Morgan fingerprint density at radius 3 is 2.64 bits per heavy atom. The second kappa shape index (κ2) is 9.07. The molecule has 28 heavy (non-hydrogen) atoms. The van der Waals surface area contributed by atoms with Crippen LogP contribution >= 0.6 is 22.9 Å². The van der Waals surface area contributed by atoms with E-state index in [2.05, 4.69) is 26.9 Å². The minimum atomic E-state index is -0.839. The summed E-state index contributed by atoms with van der Waals surface area (Å²) in [6.07, 6.45) is 1.28. The van der Waals surface area contributed by atoms with E-state index in [1.807, 2.05) is 18.2 Å². The Hall–Kier alpha value is -1.90. The van der Waals surface area contributed by atoms with Crippen molar-refractivity contribution in [2.75, 3.05) is 6.54 Å². The molecule has 154 valence electrons. The normalized spacial score (nSPS) is 12.2. The van der Waals surface area contributed by atoms with Gasteiger partial charge >= 0.3 is 6.09 Å². The predicted molar refractivity (Wildman–Crippen MR) is 110 cm³/mol. The lowest BCUT2D eigenvalue weighted by Crippen LogP contribution is -2.44. The largest absolute Gasteiger partial charge is 0.444 e. The topological polar surface area (TPSA) is 80.5 Å². The van der Waals surface area contributed by atoms with Gasteiger partial charge in [-0.1, -0.05) is 22.8 Å². The van der Waals surface area contributed by atoms with Crippen molar-refractivity contribution < 1.29 is 14.1 Å². The zero-order valence-electron chi connectivity index (χ0n) is 16.9. The van der Waals surface area contributed by atoms with Gasteiger partial charge in [0.2, 0.25) is 5.89 Å². The molecule has 0 aliphatic heterocycles. The molecule has 0 fully saturated rings. The van der Waals surface area contributed by atoms with Crippen LogP contribution in [0.4, 0.5) is 4.79 Å². The summed E-state index contributed by atoms with van der Waals surface area (Å²) in [4.78, 5) is 19.8.